The molecule has 7 nitrogen and oxygen atoms in total. The van der Waals surface area contributed by atoms with Gasteiger partial charge in [0, 0.05) is 29.6 Å². The summed E-state index contributed by atoms with van der Waals surface area (Å²) in [5, 5.41) is 14.1. The monoisotopic (exact) mass is 382 g/mol. The summed E-state index contributed by atoms with van der Waals surface area (Å²) in [7, 11) is 0. The molecule has 0 radical (unpaired) electrons. The van der Waals surface area contributed by atoms with Crippen LogP contribution in [0.25, 0.3) is 0 Å². The number of carboxylic acids is 1. The molecular weight excluding hydrogens is 362 g/mol. The fourth-order valence-electron chi connectivity index (χ4n) is 3.64. The number of carbonyl (C=O) groups is 2. The molecule has 0 aromatic heterocycles. The normalized spacial score (nSPS) is 20.4. The number of nitrogens with one attached hydrogen (secondary N) is 1. The first-order valence-electron chi connectivity index (χ1n) is 9.29. The average Bonchev–Trinajstić information content (AvgIpc) is 3.17. The Morgan fingerprint density at radius 2 is 1.61 bits per heavy atom. The number of hydrogen-bond donors (Lipinski definition) is 1. The largest absolute Gasteiger partial charge is 0.550 e. The van der Waals surface area contributed by atoms with E-state index in [1.165, 1.54) is 0 Å². The average molecular weight is 382 g/mol. The van der Waals surface area contributed by atoms with Crippen molar-refractivity contribution in [3.63, 3.8) is 0 Å². The smallest absolute Gasteiger partial charge is 0.231 e. The summed E-state index contributed by atoms with van der Waals surface area (Å²) in [5.74, 6) is -0.169. The molecule has 7 heteroatoms. The van der Waals surface area contributed by atoms with E-state index in [0.29, 0.717) is 41.5 Å². The van der Waals surface area contributed by atoms with Crippen LogP contribution in [0.2, 0.25) is 0 Å². The number of amides is 1. The van der Waals surface area contributed by atoms with E-state index in [-0.39, 0.29) is 12.7 Å². The van der Waals surface area contributed by atoms with Gasteiger partial charge < -0.3 is 29.4 Å². The van der Waals surface area contributed by atoms with Gasteiger partial charge in [-0.15, -0.1) is 0 Å². The summed E-state index contributed by atoms with van der Waals surface area (Å²) >= 11 is 0. The third kappa shape index (κ3) is 3.88. The van der Waals surface area contributed by atoms with Crippen LogP contribution in [0.15, 0.2) is 42.5 Å². The molecule has 0 unspecified atom stereocenters. The molecule has 1 saturated carbocycles. The highest BCUT2D eigenvalue weighted by atomic mass is 16.7. The van der Waals surface area contributed by atoms with Crippen molar-refractivity contribution >= 4 is 17.6 Å². The van der Waals surface area contributed by atoms with Gasteiger partial charge in [0.15, 0.2) is 11.5 Å². The molecule has 28 heavy (non-hydrogen) atoms. The van der Waals surface area contributed by atoms with Gasteiger partial charge in [0.05, 0.1) is 0 Å². The molecule has 1 heterocycles. The number of anilines is 1. The van der Waals surface area contributed by atoms with Crippen molar-refractivity contribution in [3.8, 4) is 23.0 Å². The van der Waals surface area contributed by atoms with Crippen LogP contribution < -0.4 is 24.6 Å². The number of fused-ring (bicyclic) bond motifs is 1. The minimum Gasteiger partial charge on any atom is -0.550 e. The number of carbonyl (C=O) groups excluding carboxylic acids is 2. The number of ether oxygens (including phenoxy) is 3. The van der Waals surface area contributed by atoms with Crippen LogP contribution in [0.5, 0.6) is 23.0 Å². The van der Waals surface area contributed by atoms with Crippen LogP contribution in [-0.4, -0.2) is 18.7 Å². The van der Waals surface area contributed by atoms with Crippen molar-refractivity contribution in [3.05, 3.63) is 42.5 Å². The lowest BCUT2D eigenvalue weighted by Crippen LogP contribution is -2.42. The lowest BCUT2D eigenvalue weighted by molar-refractivity contribution is -0.313. The van der Waals surface area contributed by atoms with Crippen LogP contribution in [0, 0.1) is 11.8 Å². The molecule has 2 aliphatic rings. The molecule has 1 aliphatic carbocycles. The van der Waals surface area contributed by atoms with Crippen LogP contribution in [0.1, 0.15) is 25.7 Å². The van der Waals surface area contributed by atoms with Crippen molar-refractivity contribution in [1.29, 1.82) is 0 Å². The molecular formula is C21H20NO6-. The summed E-state index contributed by atoms with van der Waals surface area (Å²) in [6.45, 7) is 0.201. The molecule has 0 spiro atoms. The Labute approximate surface area is 162 Å². The summed E-state index contributed by atoms with van der Waals surface area (Å²) in [5.41, 5.74) is 0.589. The number of rotatable bonds is 5. The van der Waals surface area contributed by atoms with Gasteiger partial charge in [0.25, 0.3) is 0 Å². The Hall–Kier alpha value is -3.22. The van der Waals surface area contributed by atoms with E-state index in [1.54, 1.807) is 42.5 Å². The highest BCUT2D eigenvalue weighted by molar-refractivity contribution is 5.95. The lowest BCUT2D eigenvalue weighted by atomic mass is 9.78. The quantitative estimate of drug-likeness (QED) is 0.854. The molecule has 2 atom stereocenters. The number of hydrogen-bond acceptors (Lipinski definition) is 6. The summed E-state index contributed by atoms with van der Waals surface area (Å²) in [4.78, 5) is 23.8. The standard InChI is InChI=1S/C21H21NO6/c23-20(16-3-1-2-4-17(16)21(24)25)22-13-5-7-14(8-6-13)28-15-9-10-18-19(11-15)27-12-26-18/h5-11,16-17H,1-4,12H2,(H,22,23)(H,24,25)/p-1/t16-,17-/m1/s1. The zero-order valence-electron chi connectivity index (χ0n) is 15.2. The SMILES string of the molecule is O=C([O-])[C@@H]1CCCC[C@H]1C(=O)Nc1ccc(Oc2ccc3c(c2)OCO3)cc1. The Morgan fingerprint density at radius 1 is 0.929 bits per heavy atom. The highest BCUT2D eigenvalue weighted by Gasteiger charge is 2.31. The number of aliphatic carboxylic acids is 1. The topological polar surface area (TPSA) is 96.9 Å². The number of carboxylic acid groups (broad SMARTS) is 1. The molecule has 2 aromatic carbocycles. The number of benzene rings is 2. The first kappa shape index (κ1) is 18.2. The Balaban J connectivity index is 1.39. The third-order valence-electron chi connectivity index (χ3n) is 5.11. The second-order valence-electron chi connectivity index (χ2n) is 6.95. The predicted octanol–water partition coefficient (Wildman–Crippen LogP) is 2.70. The first-order chi connectivity index (χ1) is 13.6. The van der Waals surface area contributed by atoms with E-state index >= 15 is 0 Å². The fraction of sp³-hybridized carbons (Fsp3) is 0.333. The molecule has 1 N–H and O–H groups in total. The van der Waals surface area contributed by atoms with E-state index in [4.69, 9.17) is 14.2 Å². The Bertz CT molecular complexity index is 879. The Morgan fingerprint density at radius 3 is 2.36 bits per heavy atom. The van der Waals surface area contributed by atoms with Crippen molar-refractivity contribution in [2.75, 3.05) is 12.1 Å². The maximum atomic E-state index is 12.5. The van der Waals surface area contributed by atoms with Crippen molar-refractivity contribution in [2.24, 2.45) is 11.8 Å². The molecule has 1 aliphatic heterocycles. The van der Waals surface area contributed by atoms with Gasteiger partial charge in [-0.3, -0.25) is 4.79 Å². The van der Waals surface area contributed by atoms with Gasteiger partial charge >= 0.3 is 0 Å². The highest BCUT2D eigenvalue weighted by Crippen LogP contribution is 2.37. The molecule has 0 bridgehead atoms. The second kappa shape index (κ2) is 7.80. The van der Waals surface area contributed by atoms with Gasteiger partial charge in [-0.2, -0.15) is 0 Å². The van der Waals surface area contributed by atoms with Crippen molar-refractivity contribution < 1.29 is 28.9 Å². The minimum absolute atomic E-state index is 0.201. The molecule has 0 saturated heterocycles. The molecule has 4 rings (SSSR count). The second-order valence-corrected chi connectivity index (χ2v) is 6.95. The fourth-order valence-corrected chi connectivity index (χ4v) is 3.64. The van der Waals surface area contributed by atoms with E-state index in [1.807, 2.05) is 0 Å². The summed E-state index contributed by atoms with van der Waals surface area (Å²) < 4.78 is 16.4. The minimum atomic E-state index is -1.15. The maximum Gasteiger partial charge on any atom is 0.231 e. The lowest BCUT2D eigenvalue weighted by Gasteiger charge is -2.31. The van der Waals surface area contributed by atoms with Gasteiger partial charge in [-0.25, -0.2) is 0 Å². The van der Waals surface area contributed by atoms with E-state index in [9.17, 15) is 14.7 Å². The van der Waals surface area contributed by atoms with E-state index in [2.05, 4.69) is 5.32 Å². The summed E-state index contributed by atoms with van der Waals surface area (Å²) in [6.07, 6.45) is 2.72. The maximum absolute atomic E-state index is 12.5. The van der Waals surface area contributed by atoms with Crippen LogP contribution >= 0.6 is 0 Å². The molecule has 2 aromatic rings. The molecule has 1 amide bonds. The van der Waals surface area contributed by atoms with Gasteiger partial charge in [0.2, 0.25) is 12.7 Å². The van der Waals surface area contributed by atoms with Crippen molar-refractivity contribution in [2.45, 2.75) is 25.7 Å². The zero-order valence-corrected chi connectivity index (χ0v) is 15.2. The first-order valence-corrected chi connectivity index (χ1v) is 9.29. The summed E-state index contributed by atoms with van der Waals surface area (Å²) in [6, 6.07) is 12.2. The molecule has 1 fully saturated rings. The van der Waals surface area contributed by atoms with Crippen LogP contribution in [0.4, 0.5) is 5.69 Å². The van der Waals surface area contributed by atoms with E-state index < -0.39 is 17.8 Å². The molecule has 146 valence electrons. The zero-order chi connectivity index (χ0) is 19.5. The Kier molecular flexibility index (Phi) is 5.06. The predicted molar refractivity (Wildman–Crippen MR) is 98.2 cm³/mol. The van der Waals surface area contributed by atoms with Gasteiger partial charge in [-0.1, -0.05) is 12.8 Å². The van der Waals surface area contributed by atoms with Gasteiger partial charge in [0.1, 0.15) is 11.5 Å². The third-order valence-corrected chi connectivity index (χ3v) is 5.11. The van der Waals surface area contributed by atoms with E-state index in [0.717, 1.165) is 12.8 Å². The van der Waals surface area contributed by atoms with Crippen molar-refractivity contribution in [1.82, 2.24) is 0 Å². The van der Waals surface area contributed by atoms with Crippen LogP contribution in [0.3, 0.4) is 0 Å². The van der Waals surface area contributed by atoms with Gasteiger partial charge in [-0.05, 0) is 49.2 Å². The van der Waals surface area contributed by atoms with Crippen LogP contribution in [-0.2, 0) is 9.59 Å².